The number of aromatic nitrogens is 1. The molecule has 0 saturated heterocycles. The monoisotopic (exact) mass is 417 g/mol. The van der Waals surface area contributed by atoms with Crippen LogP contribution in [0.15, 0.2) is 57.8 Å². The van der Waals surface area contributed by atoms with Crippen LogP contribution in [0.5, 0.6) is 11.6 Å². The number of phenolic OH excluding ortho intramolecular Hbond substituents is 1. The number of carbonyl (C=O) groups is 1. The number of aromatic hydroxyl groups is 2. The molecule has 8 nitrogen and oxygen atoms in total. The van der Waals surface area contributed by atoms with E-state index in [1.807, 2.05) is 31.2 Å². The number of fused-ring (bicyclic) bond motifs is 1. The van der Waals surface area contributed by atoms with Gasteiger partial charge in [-0.25, -0.2) is 5.43 Å². The molecule has 1 aliphatic heterocycles. The normalized spacial score (nSPS) is 14.8. The number of hydrogen-bond donors (Lipinski definition) is 3. The maximum atomic E-state index is 11.4. The van der Waals surface area contributed by atoms with Crippen LogP contribution in [-0.2, 0) is 11.3 Å². The Labute approximate surface area is 179 Å². The molecule has 4 rings (SSSR count). The first-order chi connectivity index (χ1) is 15.0. The third-order valence-corrected chi connectivity index (χ3v) is 5.32. The van der Waals surface area contributed by atoms with Crippen molar-refractivity contribution < 1.29 is 15.0 Å². The van der Waals surface area contributed by atoms with Gasteiger partial charge in [-0.3, -0.25) is 4.79 Å². The second kappa shape index (κ2) is 8.43. The number of aryl methyl sites for hydroxylation is 1. The Morgan fingerprint density at radius 1 is 1.23 bits per heavy atom. The fourth-order valence-corrected chi connectivity index (χ4v) is 3.68. The van der Waals surface area contributed by atoms with Gasteiger partial charge in [-0.1, -0.05) is 24.3 Å². The van der Waals surface area contributed by atoms with Crippen molar-refractivity contribution in [2.75, 3.05) is 0 Å². The van der Waals surface area contributed by atoms with Crippen LogP contribution >= 0.6 is 0 Å². The molecule has 158 valence electrons. The van der Waals surface area contributed by atoms with Crippen LogP contribution in [0.25, 0.3) is 10.9 Å². The van der Waals surface area contributed by atoms with Crippen LogP contribution in [0, 0.1) is 0 Å². The zero-order chi connectivity index (χ0) is 22.0. The van der Waals surface area contributed by atoms with E-state index in [9.17, 15) is 15.0 Å². The zero-order valence-electron chi connectivity index (χ0n) is 17.3. The number of rotatable bonds is 5. The quantitative estimate of drug-likeness (QED) is 0.436. The molecule has 3 N–H and O–H groups in total. The van der Waals surface area contributed by atoms with Gasteiger partial charge in [-0.2, -0.15) is 15.3 Å². The minimum Gasteiger partial charge on any atom is -0.507 e. The van der Waals surface area contributed by atoms with E-state index in [2.05, 4.69) is 20.7 Å². The van der Waals surface area contributed by atoms with Crippen LogP contribution < -0.4 is 5.43 Å². The molecule has 1 amide bonds. The summed E-state index contributed by atoms with van der Waals surface area (Å²) >= 11 is 0. The molecule has 0 aliphatic carbocycles. The highest BCUT2D eigenvalue weighted by Gasteiger charge is 2.18. The number of nitrogens with one attached hydrogen (secondary N) is 1. The summed E-state index contributed by atoms with van der Waals surface area (Å²) in [5.74, 6) is 0.156. The number of hydrazone groups is 1. The molecule has 0 saturated carbocycles. The largest absolute Gasteiger partial charge is 0.507 e. The molecular formula is C23H23N5O3. The first-order valence-corrected chi connectivity index (χ1v) is 10.1. The van der Waals surface area contributed by atoms with Gasteiger partial charge in [0.2, 0.25) is 11.8 Å². The van der Waals surface area contributed by atoms with Crippen molar-refractivity contribution in [3.8, 4) is 11.6 Å². The van der Waals surface area contributed by atoms with Crippen molar-refractivity contribution >= 4 is 34.4 Å². The Balaban J connectivity index is 1.71. The molecule has 3 aromatic rings. The third kappa shape index (κ3) is 3.92. The van der Waals surface area contributed by atoms with Gasteiger partial charge in [0.1, 0.15) is 5.75 Å². The standard InChI is InChI=1S/C23H23N5O3/c1-3-28-20-12-15(19-10-11-22(30)27-26-19)8-9-17(20)18(23(28)31)13-24-25-14(2)16-6-4-5-7-21(16)29/h4-9,12-13,29,31H,3,10-11H2,1-2H3,(H,27,30). The fourth-order valence-electron chi connectivity index (χ4n) is 3.68. The van der Waals surface area contributed by atoms with E-state index in [4.69, 9.17) is 0 Å². The van der Waals surface area contributed by atoms with Gasteiger partial charge >= 0.3 is 0 Å². The number of benzene rings is 2. The van der Waals surface area contributed by atoms with E-state index >= 15 is 0 Å². The van der Waals surface area contributed by atoms with Gasteiger partial charge in [0.15, 0.2) is 0 Å². The average Bonchev–Trinajstić information content (AvgIpc) is 3.04. The van der Waals surface area contributed by atoms with E-state index in [1.165, 1.54) is 6.21 Å². The summed E-state index contributed by atoms with van der Waals surface area (Å²) in [7, 11) is 0. The lowest BCUT2D eigenvalue weighted by Gasteiger charge is -2.12. The first kappa shape index (κ1) is 20.3. The van der Waals surface area contributed by atoms with Crippen molar-refractivity contribution in [3.05, 3.63) is 59.2 Å². The lowest BCUT2D eigenvalue weighted by Crippen LogP contribution is -2.25. The van der Waals surface area contributed by atoms with Crippen LogP contribution in [0.4, 0.5) is 0 Å². The smallest absolute Gasteiger partial charge is 0.240 e. The molecule has 8 heteroatoms. The van der Waals surface area contributed by atoms with Gasteiger partial charge < -0.3 is 14.8 Å². The van der Waals surface area contributed by atoms with Gasteiger partial charge in [0, 0.05) is 30.3 Å². The summed E-state index contributed by atoms with van der Waals surface area (Å²) in [6.45, 7) is 4.28. The summed E-state index contributed by atoms with van der Waals surface area (Å²) in [6.07, 6.45) is 2.50. The van der Waals surface area contributed by atoms with Crippen LogP contribution in [0.1, 0.15) is 43.4 Å². The molecule has 0 unspecified atom stereocenters. The Morgan fingerprint density at radius 3 is 2.74 bits per heavy atom. The lowest BCUT2D eigenvalue weighted by atomic mass is 10.0. The molecule has 2 heterocycles. The first-order valence-electron chi connectivity index (χ1n) is 10.1. The second-order valence-electron chi connectivity index (χ2n) is 7.25. The number of hydrogen-bond acceptors (Lipinski definition) is 6. The summed E-state index contributed by atoms with van der Waals surface area (Å²) in [6, 6.07) is 12.7. The molecule has 0 bridgehead atoms. The van der Waals surface area contributed by atoms with Crippen molar-refractivity contribution in [2.24, 2.45) is 15.3 Å². The minimum absolute atomic E-state index is 0.0856. The molecule has 0 fully saturated rings. The second-order valence-corrected chi connectivity index (χ2v) is 7.25. The number of phenols is 1. The molecule has 1 aromatic heterocycles. The predicted molar refractivity (Wildman–Crippen MR) is 121 cm³/mol. The molecule has 0 radical (unpaired) electrons. The van der Waals surface area contributed by atoms with Gasteiger partial charge in [-0.15, -0.1) is 0 Å². The SMILES string of the molecule is CCn1c(O)c(C=NN=C(C)c2ccccc2O)c2ccc(C3=NNC(=O)CC3)cc21. The van der Waals surface area contributed by atoms with Crippen LogP contribution in [0.3, 0.4) is 0 Å². The highest BCUT2D eigenvalue weighted by molar-refractivity contribution is 6.09. The maximum Gasteiger partial charge on any atom is 0.240 e. The van der Waals surface area contributed by atoms with Crippen molar-refractivity contribution in [1.82, 2.24) is 9.99 Å². The molecule has 1 aliphatic rings. The fraction of sp³-hybridized carbons (Fsp3) is 0.217. The Kier molecular flexibility index (Phi) is 5.53. The number of para-hydroxylation sites is 1. The molecule has 2 aromatic carbocycles. The van der Waals surface area contributed by atoms with E-state index in [-0.39, 0.29) is 17.5 Å². The zero-order valence-corrected chi connectivity index (χ0v) is 17.3. The van der Waals surface area contributed by atoms with E-state index in [1.54, 1.807) is 29.7 Å². The van der Waals surface area contributed by atoms with Crippen LogP contribution in [-0.4, -0.2) is 38.3 Å². The number of carbonyl (C=O) groups excluding carboxylic acids is 1. The minimum atomic E-state index is -0.0856. The number of amides is 1. The van der Waals surface area contributed by atoms with Gasteiger partial charge in [0.05, 0.1) is 28.7 Å². The van der Waals surface area contributed by atoms with E-state index in [0.717, 1.165) is 22.2 Å². The number of nitrogens with zero attached hydrogens (tertiary/aromatic N) is 4. The van der Waals surface area contributed by atoms with Gasteiger partial charge in [0.25, 0.3) is 0 Å². The van der Waals surface area contributed by atoms with Crippen LogP contribution in [0.2, 0.25) is 0 Å². The summed E-state index contributed by atoms with van der Waals surface area (Å²) < 4.78 is 1.79. The predicted octanol–water partition coefficient (Wildman–Crippen LogP) is 3.53. The summed E-state index contributed by atoms with van der Waals surface area (Å²) in [4.78, 5) is 11.4. The maximum absolute atomic E-state index is 11.4. The average molecular weight is 417 g/mol. The Bertz CT molecular complexity index is 1250. The molecule has 0 spiro atoms. The highest BCUT2D eigenvalue weighted by Crippen LogP contribution is 2.31. The molecule has 31 heavy (non-hydrogen) atoms. The van der Waals surface area contributed by atoms with Crippen molar-refractivity contribution in [3.63, 3.8) is 0 Å². The molecular weight excluding hydrogens is 394 g/mol. The van der Waals surface area contributed by atoms with E-state index in [0.29, 0.717) is 36.2 Å². The van der Waals surface area contributed by atoms with Gasteiger partial charge in [-0.05, 0) is 37.6 Å². The Hall–Kier alpha value is -3.94. The summed E-state index contributed by atoms with van der Waals surface area (Å²) in [5, 5.41) is 34.0. The highest BCUT2D eigenvalue weighted by atomic mass is 16.3. The topological polar surface area (TPSA) is 112 Å². The third-order valence-electron chi connectivity index (χ3n) is 5.32. The Morgan fingerprint density at radius 2 is 2.03 bits per heavy atom. The lowest BCUT2D eigenvalue weighted by molar-refractivity contribution is -0.121. The summed E-state index contributed by atoms with van der Waals surface area (Å²) in [5.41, 5.74) is 6.80. The van der Waals surface area contributed by atoms with Crippen molar-refractivity contribution in [1.29, 1.82) is 0 Å². The van der Waals surface area contributed by atoms with E-state index < -0.39 is 0 Å². The molecule has 0 atom stereocenters. The van der Waals surface area contributed by atoms with Crippen molar-refractivity contribution in [2.45, 2.75) is 33.2 Å².